The van der Waals surface area contributed by atoms with E-state index in [1.807, 2.05) is 50.3 Å². The van der Waals surface area contributed by atoms with Gasteiger partial charge in [-0.15, -0.1) is 4.91 Å². The van der Waals surface area contributed by atoms with E-state index >= 15 is 0 Å². The third-order valence-corrected chi connectivity index (χ3v) is 8.68. The van der Waals surface area contributed by atoms with Gasteiger partial charge < -0.3 is 5.32 Å². The largest absolute Gasteiger partial charge is 0.351 e. The van der Waals surface area contributed by atoms with Gasteiger partial charge in [0.2, 0.25) is 5.91 Å². The normalized spacial score (nSPS) is 30.0. The van der Waals surface area contributed by atoms with Crippen molar-refractivity contribution in [1.29, 1.82) is 0 Å². The van der Waals surface area contributed by atoms with E-state index in [1.165, 1.54) is 25.7 Å². The number of nitroso groups, excluding NO2 is 1. The van der Waals surface area contributed by atoms with Crippen LogP contribution in [0.25, 0.3) is 0 Å². The molecule has 6 atom stereocenters. The van der Waals surface area contributed by atoms with Crippen molar-refractivity contribution in [1.82, 2.24) is 9.62 Å². The molecule has 0 saturated heterocycles. The first-order chi connectivity index (χ1) is 14.1. The molecule has 2 aliphatic rings. The second kappa shape index (κ2) is 9.39. The third-order valence-electron chi connectivity index (χ3n) is 7.33. The SMILES string of the molecule is CC1CC2CC(C)C(NC(=O)C(C)(C)N(C)SC(C)c3ccccc3N=O)C(C1)C2. The van der Waals surface area contributed by atoms with Gasteiger partial charge in [-0.25, -0.2) is 4.31 Å². The van der Waals surface area contributed by atoms with Gasteiger partial charge in [0.05, 0.1) is 0 Å². The minimum absolute atomic E-state index is 0.0181. The van der Waals surface area contributed by atoms with Crippen LogP contribution in [0.1, 0.15) is 71.1 Å². The Hall–Kier alpha value is -1.40. The standard InChI is InChI=1S/C24H37N3O2S/c1-15-11-18-13-16(2)22(19(12-15)14-18)25-23(28)24(4,5)27(6)30-17(3)20-9-7-8-10-21(20)26-29/h7-10,15-19,22H,11-14H2,1-6H3,(H,25,28). The number of benzene rings is 1. The van der Waals surface area contributed by atoms with Crippen molar-refractivity contribution in [3.05, 3.63) is 34.7 Å². The molecule has 1 N–H and O–H groups in total. The van der Waals surface area contributed by atoms with Crippen LogP contribution in [0.2, 0.25) is 0 Å². The molecule has 0 spiro atoms. The van der Waals surface area contributed by atoms with E-state index in [2.05, 4.69) is 24.3 Å². The predicted octanol–water partition coefficient (Wildman–Crippen LogP) is 6.08. The van der Waals surface area contributed by atoms with Crippen LogP contribution in [0.3, 0.4) is 0 Å². The molecule has 2 aliphatic carbocycles. The van der Waals surface area contributed by atoms with Gasteiger partial charge in [-0.1, -0.05) is 44.0 Å². The molecule has 1 aromatic carbocycles. The van der Waals surface area contributed by atoms with Gasteiger partial charge in [-0.05, 0) is 94.0 Å². The Morgan fingerprint density at radius 2 is 1.90 bits per heavy atom. The summed E-state index contributed by atoms with van der Waals surface area (Å²) in [5.41, 5.74) is 0.688. The van der Waals surface area contributed by atoms with E-state index in [0.29, 0.717) is 17.5 Å². The molecule has 0 radical (unpaired) electrons. The molecule has 6 heteroatoms. The molecule has 0 aliphatic heterocycles. The number of carbonyl (C=O) groups excluding carboxylic acids is 1. The molecule has 2 bridgehead atoms. The lowest BCUT2D eigenvalue weighted by atomic mass is 9.63. The van der Waals surface area contributed by atoms with Crippen molar-refractivity contribution in [2.24, 2.45) is 28.8 Å². The molecule has 5 nitrogen and oxygen atoms in total. The predicted molar refractivity (Wildman–Crippen MR) is 125 cm³/mol. The van der Waals surface area contributed by atoms with Crippen LogP contribution in [0.15, 0.2) is 29.4 Å². The molecule has 3 rings (SSSR count). The fourth-order valence-corrected chi connectivity index (χ4v) is 6.63. The Morgan fingerprint density at radius 1 is 1.20 bits per heavy atom. The van der Waals surface area contributed by atoms with E-state index in [1.54, 1.807) is 18.0 Å². The molecule has 30 heavy (non-hydrogen) atoms. The summed E-state index contributed by atoms with van der Waals surface area (Å²) in [6.07, 6.45) is 5.06. The summed E-state index contributed by atoms with van der Waals surface area (Å²) in [7, 11) is 1.96. The molecule has 6 unspecified atom stereocenters. The van der Waals surface area contributed by atoms with Crippen molar-refractivity contribution in [3.63, 3.8) is 0 Å². The molecule has 166 valence electrons. The van der Waals surface area contributed by atoms with E-state index in [-0.39, 0.29) is 17.2 Å². The monoisotopic (exact) mass is 431 g/mol. The quantitative estimate of drug-likeness (QED) is 0.420. The van der Waals surface area contributed by atoms with Crippen molar-refractivity contribution >= 4 is 23.5 Å². The lowest BCUT2D eigenvalue weighted by Gasteiger charge is -2.47. The number of hydrogen-bond acceptors (Lipinski definition) is 5. The highest BCUT2D eigenvalue weighted by molar-refractivity contribution is 7.97. The number of rotatable bonds is 7. The Morgan fingerprint density at radius 3 is 2.60 bits per heavy atom. The minimum Gasteiger partial charge on any atom is -0.351 e. The van der Waals surface area contributed by atoms with Crippen LogP contribution in [0, 0.1) is 28.6 Å². The molecule has 2 saturated carbocycles. The van der Waals surface area contributed by atoms with Crippen molar-refractivity contribution < 1.29 is 4.79 Å². The Kier molecular flexibility index (Phi) is 7.28. The van der Waals surface area contributed by atoms with Crippen LogP contribution in [0.5, 0.6) is 0 Å². The number of nitrogens with one attached hydrogen (secondary N) is 1. The van der Waals surface area contributed by atoms with Gasteiger partial charge in [-0.2, -0.15) is 0 Å². The summed E-state index contributed by atoms with van der Waals surface area (Å²) in [5.74, 6) is 2.81. The summed E-state index contributed by atoms with van der Waals surface area (Å²) >= 11 is 1.57. The smallest absolute Gasteiger partial charge is 0.241 e. The van der Waals surface area contributed by atoms with Crippen molar-refractivity contribution in [3.8, 4) is 0 Å². The topological polar surface area (TPSA) is 61.8 Å². The molecular weight excluding hydrogens is 394 g/mol. The molecule has 0 heterocycles. The van der Waals surface area contributed by atoms with Crippen LogP contribution in [-0.4, -0.2) is 28.8 Å². The minimum atomic E-state index is -0.667. The average Bonchev–Trinajstić information content (AvgIpc) is 2.70. The number of likely N-dealkylation sites (N-methyl/N-ethyl adjacent to an activating group) is 1. The van der Waals surface area contributed by atoms with Crippen LogP contribution in [-0.2, 0) is 4.79 Å². The second-order valence-electron chi connectivity index (χ2n) is 10.1. The maximum absolute atomic E-state index is 13.4. The van der Waals surface area contributed by atoms with Crippen molar-refractivity contribution in [2.45, 2.75) is 77.1 Å². The zero-order valence-electron chi connectivity index (χ0n) is 19.2. The first kappa shape index (κ1) is 23.3. The Labute approximate surface area is 185 Å². The third kappa shape index (κ3) is 4.91. The highest BCUT2D eigenvalue weighted by Crippen LogP contribution is 2.45. The second-order valence-corrected chi connectivity index (χ2v) is 11.6. The van der Waals surface area contributed by atoms with Crippen LogP contribution in [0.4, 0.5) is 5.69 Å². The van der Waals surface area contributed by atoms with Gasteiger partial charge in [0.25, 0.3) is 0 Å². The Balaban J connectivity index is 1.66. The van der Waals surface area contributed by atoms with Gasteiger partial charge >= 0.3 is 0 Å². The van der Waals surface area contributed by atoms with E-state index in [4.69, 9.17) is 0 Å². The number of amides is 1. The summed E-state index contributed by atoms with van der Waals surface area (Å²) in [5, 5.41) is 6.61. The highest BCUT2D eigenvalue weighted by Gasteiger charge is 2.43. The molecule has 1 amide bonds. The lowest BCUT2D eigenvalue weighted by Crippen LogP contribution is -2.58. The zero-order chi connectivity index (χ0) is 22.1. The fourth-order valence-electron chi connectivity index (χ4n) is 5.50. The average molecular weight is 432 g/mol. The van der Waals surface area contributed by atoms with Gasteiger partial charge in [0, 0.05) is 11.3 Å². The lowest BCUT2D eigenvalue weighted by molar-refractivity contribution is -0.130. The van der Waals surface area contributed by atoms with Gasteiger partial charge in [0.15, 0.2) is 0 Å². The highest BCUT2D eigenvalue weighted by atomic mass is 32.2. The maximum Gasteiger partial charge on any atom is 0.241 e. The number of hydrogen-bond donors (Lipinski definition) is 1. The van der Waals surface area contributed by atoms with E-state index in [9.17, 15) is 9.70 Å². The first-order valence-electron chi connectivity index (χ1n) is 11.3. The van der Waals surface area contributed by atoms with E-state index in [0.717, 1.165) is 17.4 Å². The van der Waals surface area contributed by atoms with Crippen molar-refractivity contribution in [2.75, 3.05) is 7.05 Å². The summed E-state index contributed by atoms with van der Waals surface area (Å²) in [4.78, 5) is 24.5. The van der Waals surface area contributed by atoms with Crippen LogP contribution < -0.4 is 5.32 Å². The van der Waals surface area contributed by atoms with Gasteiger partial charge in [0.1, 0.15) is 11.2 Å². The van der Waals surface area contributed by atoms with E-state index < -0.39 is 5.54 Å². The fraction of sp³-hybridized carbons (Fsp3) is 0.708. The van der Waals surface area contributed by atoms with Crippen LogP contribution >= 0.6 is 11.9 Å². The molecule has 1 aromatic rings. The first-order valence-corrected chi connectivity index (χ1v) is 12.1. The molecule has 0 aromatic heterocycles. The number of nitrogens with zero attached hydrogens (tertiary/aromatic N) is 2. The van der Waals surface area contributed by atoms with Gasteiger partial charge in [-0.3, -0.25) is 4.79 Å². The molecular formula is C24H37N3O2S. The molecule has 2 fully saturated rings. The number of fused-ring (bicyclic) bond motifs is 2. The maximum atomic E-state index is 13.4. The summed E-state index contributed by atoms with van der Waals surface area (Å²) in [6.45, 7) is 10.7. The Bertz CT molecular complexity index is 765. The zero-order valence-corrected chi connectivity index (χ0v) is 20.0. The summed E-state index contributed by atoms with van der Waals surface area (Å²) in [6, 6.07) is 7.68. The number of carbonyl (C=O) groups is 1. The summed E-state index contributed by atoms with van der Waals surface area (Å²) < 4.78 is 2.02.